The summed E-state index contributed by atoms with van der Waals surface area (Å²) < 4.78 is 40.6. The molecular formula is C71H107N7O17. The van der Waals surface area contributed by atoms with Gasteiger partial charge < -0.3 is 64.3 Å². The molecule has 0 spiro atoms. The van der Waals surface area contributed by atoms with Crippen LogP contribution in [0.5, 0.6) is 5.75 Å². The molecule has 2 aliphatic heterocycles. The van der Waals surface area contributed by atoms with Crippen LogP contribution in [0.4, 0.5) is 14.4 Å². The molecule has 5 rings (SSSR count). The summed E-state index contributed by atoms with van der Waals surface area (Å²) in [5.74, 6) is -4.48. The van der Waals surface area contributed by atoms with Gasteiger partial charge in [0.05, 0.1) is 35.4 Å². The van der Waals surface area contributed by atoms with E-state index in [0.717, 1.165) is 36.8 Å². The van der Waals surface area contributed by atoms with Gasteiger partial charge in [0.25, 0.3) is 5.56 Å². The number of fused-ring (bicyclic) bond motifs is 5. The second kappa shape index (κ2) is 35.3. The number of alkyl carbamates (subject to hydrolysis) is 2. The van der Waals surface area contributed by atoms with Gasteiger partial charge >= 0.3 is 36.2 Å². The topological polar surface area (TPSA) is 313 Å². The molecule has 95 heavy (non-hydrogen) atoms. The molecule has 2 aromatic heterocycles. The van der Waals surface area contributed by atoms with Gasteiger partial charge in [0.15, 0.2) is 0 Å². The summed E-state index contributed by atoms with van der Waals surface area (Å²) in [6.07, 6.45) is 9.35. The molecule has 24 heteroatoms. The lowest BCUT2D eigenvalue weighted by atomic mass is 9.85. The zero-order chi connectivity index (χ0) is 70.5. The molecule has 0 fully saturated rings. The van der Waals surface area contributed by atoms with Crippen LogP contribution in [0.1, 0.15) is 255 Å². The quantitative estimate of drug-likeness (QED) is 0.0126. The number of amides is 5. The summed E-state index contributed by atoms with van der Waals surface area (Å²) in [4.78, 5) is 142. The maximum absolute atomic E-state index is 14.7. The first-order valence-electron chi connectivity index (χ1n) is 34.2. The number of nitrogens with one attached hydrogen (secondary N) is 5. The van der Waals surface area contributed by atoms with Crippen molar-refractivity contribution < 1.29 is 76.3 Å². The first-order chi connectivity index (χ1) is 44.6. The minimum absolute atomic E-state index is 0.00392. The van der Waals surface area contributed by atoms with Crippen molar-refractivity contribution in [2.24, 2.45) is 0 Å². The van der Waals surface area contributed by atoms with Crippen molar-refractivity contribution in [3.8, 4) is 17.1 Å². The number of aryl methyl sites for hydroxylation is 1. The Hall–Kier alpha value is -7.79. The van der Waals surface area contributed by atoms with Crippen LogP contribution in [0.25, 0.3) is 22.3 Å². The molecule has 3 aromatic rings. The van der Waals surface area contributed by atoms with E-state index < -0.39 is 125 Å². The van der Waals surface area contributed by atoms with Crippen LogP contribution < -0.4 is 36.9 Å². The first-order valence-corrected chi connectivity index (χ1v) is 34.2. The number of hydrogen-bond donors (Lipinski definition) is 5. The maximum atomic E-state index is 14.7. The van der Waals surface area contributed by atoms with Gasteiger partial charge in [0.1, 0.15) is 52.9 Å². The molecule has 528 valence electrons. The molecule has 0 aliphatic carbocycles. The van der Waals surface area contributed by atoms with E-state index in [0.29, 0.717) is 54.4 Å². The fourth-order valence-corrected chi connectivity index (χ4v) is 11.4. The van der Waals surface area contributed by atoms with Crippen LogP contribution in [0, 0.1) is 0 Å². The number of carbonyl (C=O) groups excluding carboxylic acids is 9. The average Bonchev–Trinajstić information content (AvgIpc) is 1.65. The summed E-state index contributed by atoms with van der Waals surface area (Å²) in [6.45, 7) is 26.6. The molecule has 1 unspecified atom stereocenters. The van der Waals surface area contributed by atoms with E-state index in [1.54, 1.807) is 114 Å². The Kier molecular flexibility index (Phi) is 28.9. The van der Waals surface area contributed by atoms with Gasteiger partial charge in [0.2, 0.25) is 23.3 Å². The van der Waals surface area contributed by atoms with Gasteiger partial charge in [-0.25, -0.2) is 29.0 Å². The number of rotatable bonds is 34. The van der Waals surface area contributed by atoms with Gasteiger partial charge in [-0.15, -0.1) is 0 Å². The van der Waals surface area contributed by atoms with Crippen LogP contribution in [-0.4, -0.2) is 117 Å². The Labute approximate surface area is 560 Å². The predicted molar refractivity (Wildman–Crippen MR) is 358 cm³/mol. The molecule has 0 saturated carbocycles. The highest BCUT2D eigenvalue weighted by Crippen LogP contribution is 2.43. The Balaban J connectivity index is 1.37. The van der Waals surface area contributed by atoms with E-state index in [1.165, 1.54) is 36.7 Å². The number of unbranched alkanes of at least 4 members (excludes halogenated alkanes) is 11. The summed E-state index contributed by atoms with van der Waals surface area (Å²) in [7, 11) is 0. The summed E-state index contributed by atoms with van der Waals surface area (Å²) >= 11 is 0. The number of cyclic esters (lactones) is 1. The smallest absolute Gasteiger partial charge is 0.458 e. The van der Waals surface area contributed by atoms with E-state index in [2.05, 4.69) is 33.5 Å². The third-order valence-corrected chi connectivity index (χ3v) is 15.8. The highest BCUT2D eigenvalue weighted by molar-refractivity contribution is 5.95. The minimum Gasteiger partial charge on any atom is -0.458 e. The standard InChI is InChI=1S/C71H107N7O17/c1-16-19-20-21-22-23-24-25-26-27-34-54(62(84)92-67(4,5)6)77-60(82)53(33-29-31-40-73-65(87)94-69(10,11)12)76-59(81)52(32-28-30-39-72-64(86)93-68(7,8)9)74-56(79)37-38-57(80)91-71(18-3)50-42-55-58-48(43-78(55)61(83)49(50)44-89-63(71)85)46(17-2)47-41-45(35-36-51(47)75-58)90-66(88)95-70(13,14)15/h35-36,41-42,52-54H,16-34,37-40,43-44H2,1-15H3,(H,72,86)(H,73,87)(H,74,79)(H,76,81)(H,77,82)/t52-,53-,54?,71-/m0/s1. The van der Waals surface area contributed by atoms with Crippen molar-refractivity contribution in [2.75, 3.05) is 13.1 Å². The van der Waals surface area contributed by atoms with Crippen molar-refractivity contribution in [1.82, 2.24) is 36.1 Å². The van der Waals surface area contributed by atoms with E-state index in [-0.39, 0.29) is 68.6 Å². The lowest BCUT2D eigenvalue weighted by Crippen LogP contribution is -2.56. The normalized spacial score (nSPS) is 15.3. The van der Waals surface area contributed by atoms with E-state index in [9.17, 15) is 47.9 Å². The lowest BCUT2D eigenvalue weighted by molar-refractivity contribution is -0.189. The molecule has 0 radical (unpaired) electrons. The maximum Gasteiger partial charge on any atom is 0.514 e. The number of carbonyl (C=O) groups is 9. The fraction of sp³-hybridized carbons (Fsp3) is 0.676. The highest BCUT2D eigenvalue weighted by Gasteiger charge is 2.51. The Morgan fingerprint density at radius 2 is 1.12 bits per heavy atom. The fourth-order valence-electron chi connectivity index (χ4n) is 11.4. The Bertz CT molecular complexity index is 3240. The number of nitrogens with zero attached hydrogens (tertiary/aromatic N) is 2. The number of hydrogen-bond acceptors (Lipinski definition) is 18. The van der Waals surface area contributed by atoms with Crippen LogP contribution in [-0.2, 0) is 82.4 Å². The van der Waals surface area contributed by atoms with Crippen molar-refractivity contribution in [3.63, 3.8) is 0 Å². The van der Waals surface area contributed by atoms with E-state index in [4.69, 9.17) is 38.1 Å². The van der Waals surface area contributed by atoms with Gasteiger partial charge in [-0.05, 0) is 171 Å². The molecule has 2 aliphatic rings. The molecule has 5 N–H and O–H groups in total. The van der Waals surface area contributed by atoms with Crippen LogP contribution >= 0.6 is 0 Å². The second-order valence-corrected chi connectivity index (χ2v) is 28.7. The van der Waals surface area contributed by atoms with Crippen molar-refractivity contribution in [1.29, 1.82) is 0 Å². The second-order valence-electron chi connectivity index (χ2n) is 28.7. The van der Waals surface area contributed by atoms with Gasteiger partial charge in [-0.3, -0.25) is 24.0 Å². The zero-order valence-electron chi connectivity index (χ0n) is 59.1. The first kappa shape index (κ1) is 77.9. The number of aromatic nitrogens is 2. The number of pyridine rings is 2. The van der Waals surface area contributed by atoms with Crippen LogP contribution in [0.2, 0.25) is 0 Å². The molecule has 24 nitrogen and oxygen atoms in total. The monoisotopic (exact) mass is 1330 g/mol. The molecule has 4 heterocycles. The van der Waals surface area contributed by atoms with Crippen molar-refractivity contribution in [2.45, 2.75) is 298 Å². The van der Waals surface area contributed by atoms with Crippen LogP contribution in [0.3, 0.4) is 0 Å². The van der Waals surface area contributed by atoms with Crippen LogP contribution in [0.15, 0.2) is 29.1 Å². The SMILES string of the molecule is CCCCCCCCCCCCC(NC(=O)[C@H](CCCCNC(=O)OC(C)(C)C)NC(=O)[C@H](CCCCNC(=O)OC(C)(C)C)NC(=O)CCC(=O)O[C@]1(CC)C(=O)OCc2c1cc1n(c2=O)Cc2c-1nc1ccc(OC(=O)OC(C)(C)C)cc1c2CC)C(=O)OC(C)(C)C. The molecule has 0 saturated heterocycles. The van der Waals surface area contributed by atoms with Crippen molar-refractivity contribution >= 4 is 64.9 Å². The third-order valence-electron chi connectivity index (χ3n) is 15.8. The lowest BCUT2D eigenvalue weighted by Gasteiger charge is -2.35. The largest absolute Gasteiger partial charge is 0.514 e. The minimum atomic E-state index is -2.11. The Morgan fingerprint density at radius 1 is 0.600 bits per heavy atom. The predicted octanol–water partition coefficient (Wildman–Crippen LogP) is 11.8. The zero-order valence-corrected chi connectivity index (χ0v) is 59.1. The highest BCUT2D eigenvalue weighted by atomic mass is 16.7. The molecule has 4 atom stereocenters. The summed E-state index contributed by atoms with van der Waals surface area (Å²) in [6, 6.07) is 3.00. The molecule has 0 bridgehead atoms. The number of benzene rings is 1. The van der Waals surface area contributed by atoms with E-state index in [1.807, 2.05) is 6.92 Å². The number of ether oxygens (including phenoxy) is 7. The van der Waals surface area contributed by atoms with Gasteiger partial charge in [0, 0.05) is 36.0 Å². The molecule has 5 amide bonds. The third kappa shape index (κ3) is 24.7. The van der Waals surface area contributed by atoms with Gasteiger partial charge in [-0.1, -0.05) is 85.0 Å². The molecule has 1 aromatic carbocycles. The summed E-state index contributed by atoms with van der Waals surface area (Å²) in [5.41, 5.74) is -2.53. The average molecular weight is 1330 g/mol. The van der Waals surface area contributed by atoms with Gasteiger partial charge in [-0.2, -0.15) is 0 Å². The Morgan fingerprint density at radius 3 is 1.65 bits per heavy atom. The van der Waals surface area contributed by atoms with Crippen molar-refractivity contribution in [3.05, 3.63) is 56.9 Å². The van der Waals surface area contributed by atoms with E-state index >= 15 is 0 Å². The number of esters is 3. The molecular weight excluding hydrogens is 1220 g/mol. The summed E-state index contributed by atoms with van der Waals surface area (Å²) in [5, 5.41) is 14.5.